The lowest BCUT2D eigenvalue weighted by molar-refractivity contribution is 0.627. The molecule has 106 valence electrons. The molecule has 3 heteroatoms. The van der Waals surface area contributed by atoms with Gasteiger partial charge in [0.05, 0.1) is 0 Å². The van der Waals surface area contributed by atoms with Gasteiger partial charge in [-0.1, -0.05) is 31.2 Å². The predicted octanol–water partition coefficient (Wildman–Crippen LogP) is 4.09. The van der Waals surface area contributed by atoms with Crippen molar-refractivity contribution in [1.29, 1.82) is 0 Å². The molecule has 0 heterocycles. The molecule has 2 nitrogen and oxygen atoms in total. The van der Waals surface area contributed by atoms with Crippen LogP contribution in [0.15, 0.2) is 48.5 Å². The van der Waals surface area contributed by atoms with Gasteiger partial charge in [-0.25, -0.2) is 4.39 Å². The molecule has 0 amide bonds. The first-order valence-corrected chi connectivity index (χ1v) is 7.08. The Hall–Kier alpha value is -1.87. The number of halogens is 1. The first-order chi connectivity index (χ1) is 9.76. The Balaban J connectivity index is 2.36. The molecule has 0 aromatic heterocycles. The third kappa shape index (κ3) is 3.36. The minimum atomic E-state index is -0.204. The summed E-state index contributed by atoms with van der Waals surface area (Å²) in [4.78, 5) is 2.13. The molecule has 0 unspecified atom stereocenters. The molecule has 0 radical (unpaired) electrons. The van der Waals surface area contributed by atoms with Crippen LogP contribution in [0.3, 0.4) is 0 Å². The zero-order valence-electron chi connectivity index (χ0n) is 12.1. The number of para-hydroxylation sites is 1. The quantitative estimate of drug-likeness (QED) is 0.852. The summed E-state index contributed by atoms with van der Waals surface area (Å²) in [7, 11) is 0. The molecule has 1 N–H and O–H groups in total. The maximum absolute atomic E-state index is 13.4. The van der Waals surface area contributed by atoms with Crippen LogP contribution in [-0.4, -0.2) is 13.1 Å². The van der Waals surface area contributed by atoms with Gasteiger partial charge in [0.25, 0.3) is 0 Å². The third-order valence-electron chi connectivity index (χ3n) is 3.28. The molecule has 0 atom stereocenters. The van der Waals surface area contributed by atoms with Crippen molar-refractivity contribution in [3.05, 3.63) is 59.9 Å². The molecule has 2 aromatic rings. The molecule has 0 saturated heterocycles. The van der Waals surface area contributed by atoms with Crippen molar-refractivity contribution >= 4 is 11.4 Å². The third-order valence-corrected chi connectivity index (χ3v) is 3.28. The molecule has 0 aliphatic heterocycles. The first kappa shape index (κ1) is 14.5. The molecule has 0 aliphatic carbocycles. The second-order valence-corrected chi connectivity index (χ2v) is 4.63. The topological polar surface area (TPSA) is 15.3 Å². The highest BCUT2D eigenvalue weighted by molar-refractivity contribution is 5.66. The number of anilines is 2. The van der Waals surface area contributed by atoms with E-state index in [9.17, 15) is 4.39 Å². The number of hydrogen-bond donors (Lipinski definition) is 1. The lowest BCUT2D eigenvalue weighted by atomic mass is 10.1. The van der Waals surface area contributed by atoms with Gasteiger partial charge in [0.1, 0.15) is 5.82 Å². The lowest BCUT2D eigenvalue weighted by Gasteiger charge is -2.26. The van der Waals surface area contributed by atoms with Crippen molar-refractivity contribution in [2.24, 2.45) is 0 Å². The average molecular weight is 272 g/mol. The van der Waals surface area contributed by atoms with E-state index >= 15 is 0 Å². The smallest absolute Gasteiger partial charge is 0.125 e. The number of nitrogens with zero attached hydrogens (tertiary/aromatic N) is 1. The molecule has 20 heavy (non-hydrogen) atoms. The average Bonchev–Trinajstić information content (AvgIpc) is 2.47. The van der Waals surface area contributed by atoms with Crippen LogP contribution in [0.4, 0.5) is 15.8 Å². The summed E-state index contributed by atoms with van der Waals surface area (Å²) in [6.07, 6.45) is 0. The van der Waals surface area contributed by atoms with Crippen molar-refractivity contribution < 1.29 is 4.39 Å². The highest BCUT2D eigenvalue weighted by Gasteiger charge is 2.11. The molecule has 0 spiro atoms. The van der Waals surface area contributed by atoms with Gasteiger partial charge in [-0.15, -0.1) is 0 Å². The number of nitrogens with one attached hydrogen (secondary N) is 1. The summed E-state index contributed by atoms with van der Waals surface area (Å²) in [5.74, 6) is -0.204. The van der Waals surface area contributed by atoms with Crippen molar-refractivity contribution in [3.63, 3.8) is 0 Å². The van der Waals surface area contributed by atoms with Crippen LogP contribution in [0.5, 0.6) is 0 Å². The highest BCUT2D eigenvalue weighted by atomic mass is 19.1. The minimum Gasteiger partial charge on any atom is -0.341 e. The fourth-order valence-electron chi connectivity index (χ4n) is 2.32. The summed E-state index contributed by atoms with van der Waals surface area (Å²) in [6.45, 7) is 6.72. The van der Waals surface area contributed by atoms with Crippen molar-refractivity contribution in [3.8, 4) is 0 Å². The largest absolute Gasteiger partial charge is 0.341 e. The van der Waals surface area contributed by atoms with E-state index in [1.807, 2.05) is 18.2 Å². The summed E-state index contributed by atoms with van der Waals surface area (Å²) in [6, 6.07) is 15.0. The van der Waals surface area contributed by atoms with Crippen molar-refractivity contribution in [2.75, 3.05) is 18.0 Å². The van der Waals surface area contributed by atoms with E-state index in [2.05, 4.69) is 36.2 Å². The second kappa shape index (κ2) is 7.06. The second-order valence-electron chi connectivity index (χ2n) is 4.63. The van der Waals surface area contributed by atoms with Gasteiger partial charge in [0, 0.05) is 24.5 Å². The van der Waals surface area contributed by atoms with Gasteiger partial charge in [0.15, 0.2) is 0 Å². The van der Waals surface area contributed by atoms with Crippen LogP contribution in [0.25, 0.3) is 0 Å². The van der Waals surface area contributed by atoms with E-state index in [-0.39, 0.29) is 5.82 Å². The van der Waals surface area contributed by atoms with Crippen molar-refractivity contribution in [2.45, 2.75) is 20.4 Å². The monoisotopic (exact) mass is 272 g/mol. The van der Waals surface area contributed by atoms with Crippen LogP contribution in [-0.2, 0) is 6.54 Å². The molecular formula is C17H21FN2. The van der Waals surface area contributed by atoms with E-state index in [4.69, 9.17) is 0 Å². The van der Waals surface area contributed by atoms with Gasteiger partial charge in [-0.3, -0.25) is 0 Å². The van der Waals surface area contributed by atoms with E-state index in [0.717, 1.165) is 31.0 Å². The minimum absolute atomic E-state index is 0.204. The number of hydrogen-bond acceptors (Lipinski definition) is 2. The van der Waals surface area contributed by atoms with Gasteiger partial charge in [-0.2, -0.15) is 0 Å². The Kier molecular flexibility index (Phi) is 5.13. The summed E-state index contributed by atoms with van der Waals surface area (Å²) < 4.78 is 13.4. The normalized spacial score (nSPS) is 10.6. The van der Waals surface area contributed by atoms with Gasteiger partial charge >= 0.3 is 0 Å². The van der Waals surface area contributed by atoms with Gasteiger partial charge < -0.3 is 10.2 Å². The fourth-order valence-corrected chi connectivity index (χ4v) is 2.32. The molecule has 0 fully saturated rings. The standard InChI is InChI=1S/C17H21FN2/c1-3-19-13-14-8-5-6-11-17(14)20(4-2)16-10-7-9-15(18)12-16/h5-12,19H,3-4,13H2,1-2H3. The first-order valence-electron chi connectivity index (χ1n) is 7.08. The molecule has 2 aromatic carbocycles. The summed E-state index contributed by atoms with van der Waals surface area (Å²) >= 11 is 0. The molecule has 0 saturated carbocycles. The Morgan fingerprint density at radius 2 is 1.85 bits per heavy atom. The van der Waals surface area contributed by atoms with E-state index < -0.39 is 0 Å². The van der Waals surface area contributed by atoms with Crippen LogP contribution >= 0.6 is 0 Å². The van der Waals surface area contributed by atoms with E-state index in [0.29, 0.717) is 0 Å². The predicted molar refractivity (Wildman–Crippen MR) is 82.9 cm³/mol. The molecule has 0 aliphatic rings. The maximum atomic E-state index is 13.4. The van der Waals surface area contributed by atoms with Gasteiger partial charge in [-0.05, 0) is 43.3 Å². The van der Waals surface area contributed by atoms with Crippen molar-refractivity contribution in [1.82, 2.24) is 5.32 Å². The molecule has 2 rings (SSSR count). The number of rotatable bonds is 6. The maximum Gasteiger partial charge on any atom is 0.125 e. The molecule has 0 bridgehead atoms. The summed E-state index contributed by atoms with van der Waals surface area (Å²) in [5, 5.41) is 3.35. The zero-order chi connectivity index (χ0) is 14.4. The van der Waals surface area contributed by atoms with E-state index in [1.54, 1.807) is 12.1 Å². The SMILES string of the molecule is CCNCc1ccccc1N(CC)c1cccc(F)c1. The van der Waals surface area contributed by atoms with Crippen LogP contribution in [0, 0.1) is 5.82 Å². The Labute approximate surface area is 120 Å². The lowest BCUT2D eigenvalue weighted by Crippen LogP contribution is -2.20. The Bertz CT molecular complexity index is 554. The number of benzene rings is 2. The van der Waals surface area contributed by atoms with Crippen LogP contribution < -0.4 is 10.2 Å². The Morgan fingerprint density at radius 1 is 1.05 bits per heavy atom. The van der Waals surface area contributed by atoms with E-state index in [1.165, 1.54) is 11.6 Å². The Morgan fingerprint density at radius 3 is 2.55 bits per heavy atom. The molecular weight excluding hydrogens is 251 g/mol. The highest BCUT2D eigenvalue weighted by Crippen LogP contribution is 2.28. The van der Waals surface area contributed by atoms with Crippen LogP contribution in [0.2, 0.25) is 0 Å². The fraction of sp³-hybridized carbons (Fsp3) is 0.294. The summed E-state index contributed by atoms with van der Waals surface area (Å²) in [5.41, 5.74) is 3.23. The zero-order valence-corrected chi connectivity index (χ0v) is 12.1. The van der Waals surface area contributed by atoms with Crippen LogP contribution in [0.1, 0.15) is 19.4 Å². The van der Waals surface area contributed by atoms with Gasteiger partial charge in [0.2, 0.25) is 0 Å².